The molecule has 16 amide bonds. The number of rotatable bonds is 19. The molecule has 2 spiro atoms. The SMILES string of the molecule is C[C@H]1CSCCC(=O)N2CC34CN5CC3(CN(C4)C(=O)CCSC[C@H](NC(=O)[C@@H](C)NC(=O)[C@H](Cc3cccc4ccccc34)CC(=O)[C@H](CCC(=O)O)NC(=O)[C@H](CC(N)=O)NC(=O)[C@@H](C)NC1=O)C(=O)N[C@@H](CCC(=O)O)C(=O)N[C@@H](CC(=O)O)C(=O)N[C@@H](Cc1ccccc1)C(=O)N[C@@H](Cc1ccc(O)cc1)C(=O)N[C@@H](CC(=O)O)C(=O)N[C@@H](C(C)(C)C)C(=O)C[C@H](C(N)=O)CSCCC5=O)C2. The lowest BCUT2D eigenvalue weighted by atomic mass is 9.71. The van der Waals surface area contributed by atoms with Gasteiger partial charge < -0.3 is 110 Å². The largest absolute Gasteiger partial charge is 0.508 e. The molecule has 7 aliphatic rings. The highest BCUT2D eigenvalue weighted by Gasteiger charge is 2.69. The summed E-state index contributed by atoms with van der Waals surface area (Å²) in [6, 6.07) is 4.70. The maximum atomic E-state index is 15.3. The van der Waals surface area contributed by atoms with E-state index in [2.05, 4.69) is 58.5 Å². The number of fused-ring (bicyclic) bond motifs is 48. The van der Waals surface area contributed by atoms with Crippen molar-refractivity contribution in [1.29, 1.82) is 0 Å². The standard InChI is InChI=1S/C94H122N16O27S3/c1-50-41-138-30-27-72(115)108-44-93-46-109-47-94(93,45-108)49-110(48-93)74(117)29-32-140-43-68(106-83(129)52(3)98-84(130)57(35-56-17-12-16-55-15-10-11-18-60(55)56)36-69(112)61(23-25-75(118)119)99-88(134)65(38-71(95)114)101-82(128)51(2)97-81(50)127)91(137)100-62(24-26-76(120)121)85(131)104-66(39-77(122)123)89(135)103-63(33-53-13-8-7-9-14-53)86(132)102-64(34-54-19-21-59(111)22-20-54)87(133)105-67(40-78(124)125)90(136)107-79(92(4,5)6)70(113)37-58(80(96)126)42-139-31-28-73(109)116/h7-22,50-52,57-58,61-68,79,111H,23-49H2,1-6H3,(H2,95,114)(H2,96,126)(H,97,127)(H,98,130)(H,99,134)(H,100,137)(H,101,128)(H,102,132)(H,103,135)(H,104,131)(H,105,133)(H,106,129)(H,107,136)(H,118,119)(H,120,121)(H,122,123)(H,124,125)/t50-,51+,52+,57+,58-,61-,62-,63-,64-,65-,66-,67-,68-,79+,93?,94?/m0/s1. The third-order valence-electron chi connectivity index (χ3n) is 25.2. The average Bonchev–Trinajstić information content (AvgIpc) is 1.52. The first-order chi connectivity index (χ1) is 66.1. The van der Waals surface area contributed by atoms with Crippen molar-refractivity contribution in [2.45, 2.75) is 204 Å². The van der Waals surface area contributed by atoms with Crippen molar-refractivity contribution in [3.63, 3.8) is 0 Å². The molecule has 0 aliphatic carbocycles. The summed E-state index contributed by atoms with van der Waals surface area (Å²) in [5, 5.41) is 79.3. The topological polar surface area (TPSA) is 671 Å². The van der Waals surface area contributed by atoms with Gasteiger partial charge in [0.15, 0.2) is 11.6 Å². The third-order valence-corrected chi connectivity index (χ3v) is 28.6. The number of carboxylic acids is 4. The Labute approximate surface area is 818 Å². The number of aromatic hydroxyl groups is 1. The monoisotopic (exact) mass is 2000 g/mol. The number of benzene rings is 4. The van der Waals surface area contributed by atoms with E-state index in [0.29, 0.717) is 21.9 Å². The molecule has 0 aromatic heterocycles. The Morgan fingerprint density at radius 2 is 0.814 bits per heavy atom. The number of primary amides is 2. The number of hydrogen-bond donors (Lipinski definition) is 18. The summed E-state index contributed by atoms with van der Waals surface area (Å²) in [6.07, 6.45) is -9.58. The molecule has 6 bridgehead atoms. The van der Waals surface area contributed by atoms with Crippen LogP contribution < -0.4 is 70.0 Å². The molecule has 4 aromatic rings. The fourth-order valence-corrected chi connectivity index (χ4v) is 20.6. The van der Waals surface area contributed by atoms with Gasteiger partial charge in [-0.1, -0.05) is 113 Å². The van der Waals surface area contributed by atoms with Crippen LogP contribution >= 0.6 is 35.3 Å². The predicted molar refractivity (Wildman–Crippen MR) is 509 cm³/mol. The number of carbonyl (C=O) groups excluding carboxylic acids is 18. The van der Waals surface area contributed by atoms with Gasteiger partial charge in [-0.25, -0.2) is 0 Å². The molecule has 7 fully saturated rings. The smallest absolute Gasteiger partial charge is 0.305 e. The first-order valence-corrected chi connectivity index (χ1v) is 49.3. The summed E-state index contributed by atoms with van der Waals surface area (Å²) < 4.78 is 0. The number of phenols is 1. The van der Waals surface area contributed by atoms with Crippen LogP contribution in [0.4, 0.5) is 0 Å². The van der Waals surface area contributed by atoms with Gasteiger partial charge in [0, 0.05) is 154 Å². The summed E-state index contributed by atoms with van der Waals surface area (Å²) in [5.41, 5.74) is 9.44. The van der Waals surface area contributed by atoms with E-state index in [0.717, 1.165) is 23.5 Å². The van der Waals surface area contributed by atoms with Gasteiger partial charge in [0.2, 0.25) is 94.5 Å². The fraction of sp³-hybridized carbons (Fsp3) is 0.532. The Bertz CT molecular complexity index is 5310. The minimum atomic E-state index is -2.24. The molecule has 7 aliphatic heterocycles. The molecule has 7 saturated heterocycles. The Kier molecular flexibility index (Phi) is 39.8. The van der Waals surface area contributed by atoms with Gasteiger partial charge in [0.05, 0.1) is 37.3 Å². The van der Waals surface area contributed by atoms with Crippen molar-refractivity contribution >= 4 is 176 Å². The number of ketones is 2. The van der Waals surface area contributed by atoms with Crippen LogP contribution in [0.1, 0.15) is 135 Å². The molecule has 140 heavy (non-hydrogen) atoms. The molecule has 20 N–H and O–H groups in total. The Balaban J connectivity index is 1.11. The Morgan fingerprint density at radius 1 is 0.400 bits per heavy atom. The van der Waals surface area contributed by atoms with Crippen molar-refractivity contribution in [2.75, 3.05) is 73.8 Å². The van der Waals surface area contributed by atoms with Crippen LogP contribution in [0.5, 0.6) is 5.75 Å². The summed E-state index contributed by atoms with van der Waals surface area (Å²) in [6.45, 7) is 8.92. The third kappa shape index (κ3) is 31.6. The second kappa shape index (κ2) is 50.5. The molecule has 2 unspecified atom stereocenters. The number of phenolic OH excluding ortho intramolecular Hbond substituents is 1. The molecule has 758 valence electrons. The molecule has 7 heterocycles. The highest BCUT2D eigenvalue weighted by molar-refractivity contribution is 7.99. The summed E-state index contributed by atoms with van der Waals surface area (Å²) in [4.78, 5) is 317. The molecule has 0 radical (unpaired) electrons. The van der Waals surface area contributed by atoms with Gasteiger partial charge in [-0.3, -0.25) is 105 Å². The quantitative estimate of drug-likeness (QED) is 0.0486. The van der Waals surface area contributed by atoms with E-state index in [1.165, 1.54) is 62.0 Å². The number of hydrogen-bond acceptors (Lipinski definition) is 26. The van der Waals surface area contributed by atoms with E-state index >= 15 is 14.4 Å². The van der Waals surface area contributed by atoms with Crippen molar-refractivity contribution in [3.05, 3.63) is 114 Å². The summed E-state index contributed by atoms with van der Waals surface area (Å²) in [5.74, 6) is -28.2. The lowest BCUT2D eigenvalue weighted by molar-refractivity contribution is -0.142. The minimum Gasteiger partial charge on any atom is -0.508 e. The number of nitrogens with two attached hydrogens (primary N) is 2. The number of Topliss-reactive ketones (excluding diaryl/α,β-unsaturated/α-hetero) is 2. The number of nitrogens with one attached hydrogen (secondary N) is 11. The highest BCUT2D eigenvalue weighted by Crippen LogP contribution is 2.57. The number of carbonyl (C=O) groups is 22. The van der Waals surface area contributed by atoms with E-state index < -0.39 is 295 Å². The first-order valence-electron chi connectivity index (χ1n) is 45.8. The maximum absolute atomic E-state index is 15.3. The second-order valence-electron chi connectivity index (χ2n) is 37.2. The summed E-state index contributed by atoms with van der Waals surface area (Å²) in [7, 11) is 0. The lowest BCUT2D eigenvalue weighted by Crippen LogP contribution is -2.61. The molecule has 0 saturated carbocycles. The van der Waals surface area contributed by atoms with Crippen LogP contribution in [0, 0.1) is 34.0 Å². The van der Waals surface area contributed by atoms with E-state index in [9.17, 15) is 117 Å². The van der Waals surface area contributed by atoms with Crippen LogP contribution in [0.2, 0.25) is 0 Å². The first kappa shape index (κ1) is 110. The highest BCUT2D eigenvalue weighted by atomic mass is 32.2. The predicted octanol–water partition coefficient (Wildman–Crippen LogP) is -1.28. The minimum absolute atomic E-state index is 0.0166. The number of amides is 16. The van der Waals surface area contributed by atoms with Gasteiger partial charge in [-0.05, 0) is 78.1 Å². The Morgan fingerprint density at radius 3 is 1.31 bits per heavy atom. The van der Waals surface area contributed by atoms with Crippen LogP contribution in [0.3, 0.4) is 0 Å². The number of aliphatic carboxylic acids is 4. The molecular weight excluding hydrogens is 1880 g/mol. The van der Waals surface area contributed by atoms with Crippen molar-refractivity contribution in [2.24, 2.45) is 45.5 Å². The molecule has 43 nitrogen and oxygen atoms in total. The van der Waals surface area contributed by atoms with E-state index in [-0.39, 0.29) is 117 Å². The van der Waals surface area contributed by atoms with Crippen LogP contribution in [0.25, 0.3) is 10.8 Å². The van der Waals surface area contributed by atoms with Crippen molar-refractivity contribution < 1.29 is 131 Å². The Hall–Kier alpha value is -13.3. The van der Waals surface area contributed by atoms with Crippen LogP contribution in [0.15, 0.2) is 97.1 Å². The van der Waals surface area contributed by atoms with Gasteiger partial charge in [0.1, 0.15) is 60.1 Å². The molecular formula is C94H122N16O27S3. The van der Waals surface area contributed by atoms with Crippen molar-refractivity contribution in [1.82, 2.24) is 73.2 Å². The zero-order chi connectivity index (χ0) is 103. The normalized spacial score (nSPS) is 27.3. The lowest BCUT2D eigenvalue weighted by Gasteiger charge is -2.32. The van der Waals surface area contributed by atoms with Crippen LogP contribution in [-0.2, 0) is 125 Å². The molecule has 46 heteroatoms. The maximum Gasteiger partial charge on any atom is 0.305 e. The van der Waals surface area contributed by atoms with Crippen LogP contribution in [-0.4, -0.2) is 310 Å². The average molecular weight is 2000 g/mol. The van der Waals surface area contributed by atoms with E-state index in [1.807, 2.05) is 0 Å². The van der Waals surface area contributed by atoms with Crippen molar-refractivity contribution in [3.8, 4) is 5.75 Å². The molecule has 11 rings (SSSR count). The second-order valence-corrected chi connectivity index (χ2v) is 40.7. The fourth-order valence-electron chi connectivity index (χ4n) is 17.6. The van der Waals surface area contributed by atoms with E-state index in [4.69, 9.17) is 11.5 Å². The molecule has 4 aromatic carbocycles. The van der Waals surface area contributed by atoms with Gasteiger partial charge in [0.25, 0.3) is 0 Å². The van der Waals surface area contributed by atoms with Gasteiger partial charge in [-0.2, -0.15) is 35.3 Å². The van der Waals surface area contributed by atoms with Gasteiger partial charge in [-0.15, -0.1) is 0 Å². The molecule has 16 atom stereocenters. The summed E-state index contributed by atoms with van der Waals surface area (Å²) >= 11 is 3.26. The number of nitrogens with zero attached hydrogens (tertiary/aromatic N) is 3. The number of carboxylic acid groups (broad SMARTS) is 4. The van der Waals surface area contributed by atoms with Gasteiger partial charge >= 0.3 is 23.9 Å². The zero-order valence-electron chi connectivity index (χ0n) is 78.4. The zero-order valence-corrected chi connectivity index (χ0v) is 80.8. The number of thioether (sulfide) groups is 3. The van der Waals surface area contributed by atoms with E-state index in [1.54, 1.807) is 103 Å².